The summed E-state index contributed by atoms with van der Waals surface area (Å²) in [6, 6.07) is 10.6. The van der Waals surface area contributed by atoms with Crippen molar-refractivity contribution in [3.63, 3.8) is 0 Å². The van der Waals surface area contributed by atoms with Crippen LogP contribution in [0.5, 0.6) is 0 Å². The first-order valence-electron chi connectivity index (χ1n) is 7.79. The molecule has 116 valence electrons. The van der Waals surface area contributed by atoms with Crippen LogP contribution in [0, 0.1) is 0 Å². The highest BCUT2D eigenvalue weighted by atomic mass is 14.8. The maximum Gasteiger partial charge on any atom is 0.0633 e. The first kappa shape index (κ1) is 16.7. The van der Waals surface area contributed by atoms with E-state index < -0.39 is 0 Å². The quantitative estimate of drug-likeness (QED) is 0.456. The number of hydrogen-bond acceptors (Lipinski definition) is 1. The van der Waals surface area contributed by atoms with Crippen molar-refractivity contribution < 1.29 is 0 Å². The molecule has 1 atom stereocenters. The van der Waals surface area contributed by atoms with Gasteiger partial charge in [-0.05, 0) is 30.1 Å². The van der Waals surface area contributed by atoms with Crippen molar-refractivity contribution in [1.29, 1.82) is 0 Å². The fourth-order valence-corrected chi connectivity index (χ4v) is 2.60. The molecule has 0 bridgehead atoms. The summed E-state index contributed by atoms with van der Waals surface area (Å²) in [5.74, 6) is 0.400. The van der Waals surface area contributed by atoms with Gasteiger partial charge in [-0.2, -0.15) is 0 Å². The van der Waals surface area contributed by atoms with E-state index in [2.05, 4.69) is 67.2 Å². The zero-order valence-electron chi connectivity index (χ0n) is 13.7. The molecule has 1 heteroatoms. The molecule has 1 nitrogen and oxygen atoms in total. The summed E-state index contributed by atoms with van der Waals surface area (Å²) in [4.78, 5) is 4.63. The Labute approximate surface area is 139 Å². The predicted molar refractivity (Wildman–Crippen MR) is 102 cm³/mol. The summed E-state index contributed by atoms with van der Waals surface area (Å²) in [6.45, 7) is 13.6. The van der Waals surface area contributed by atoms with E-state index in [0.29, 0.717) is 11.6 Å². The van der Waals surface area contributed by atoms with Crippen LogP contribution in [0.3, 0.4) is 0 Å². The van der Waals surface area contributed by atoms with Gasteiger partial charge < -0.3 is 0 Å². The highest BCUT2D eigenvalue weighted by molar-refractivity contribution is 6.01. The molecule has 1 aromatic rings. The topological polar surface area (TPSA) is 12.4 Å². The minimum Gasteiger partial charge on any atom is -0.253 e. The van der Waals surface area contributed by atoms with Crippen LogP contribution in [0.2, 0.25) is 0 Å². The van der Waals surface area contributed by atoms with Crippen molar-refractivity contribution in [2.45, 2.75) is 19.3 Å². The van der Waals surface area contributed by atoms with E-state index in [1.54, 1.807) is 12.2 Å². The minimum absolute atomic E-state index is 0.400. The Balaban J connectivity index is 2.24. The molecule has 2 rings (SSSR count). The number of benzene rings is 1. The van der Waals surface area contributed by atoms with E-state index >= 15 is 0 Å². The second-order valence-corrected chi connectivity index (χ2v) is 5.48. The van der Waals surface area contributed by atoms with Gasteiger partial charge in [0, 0.05) is 11.6 Å². The van der Waals surface area contributed by atoms with Gasteiger partial charge in [-0.25, -0.2) is 0 Å². The van der Waals surface area contributed by atoms with E-state index in [4.69, 9.17) is 0 Å². The van der Waals surface area contributed by atoms with Gasteiger partial charge in [0.2, 0.25) is 0 Å². The van der Waals surface area contributed by atoms with Crippen molar-refractivity contribution >= 4 is 5.71 Å². The summed E-state index contributed by atoms with van der Waals surface area (Å²) >= 11 is 0. The fraction of sp³-hybridized carbons (Fsp3) is 0.136. The van der Waals surface area contributed by atoms with Crippen LogP contribution in [0.15, 0.2) is 108 Å². The molecule has 0 N–H and O–H groups in total. The molecule has 0 saturated heterocycles. The van der Waals surface area contributed by atoms with E-state index in [1.807, 2.05) is 19.1 Å². The highest BCUT2D eigenvalue weighted by Gasteiger charge is 2.13. The van der Waals surface area contributed by atoms with Crippen LogP contribution in [0.25, 0.3) is 0 Å². The van der Waals surface area contributed by atoms with E-state index in [0.717, 1.165) is 23.3 Å². The van der Waals surface area contributed by atoms with Crippen molar-refractivity contribution in [1.82, 2.24) is 0 Å². The van der Waals surface area contributed by atoms with E-state index in [1.165, 1.54) is 5.56 Å². The molecule has 1 aliphatic carbocycles. The molecular weight excluding hydrogens is 278 g/mol. The lowest BCUT2D eigenvalue weighted by atomic mass is 9.88. The zero-order chi connectivity index (χ0) is 16.7. The summed E-state index contributed by atoms with van der Waals surface area (Å²) in [5, 5.41) is 0. The van der Waals surface area contributed by atoms with Gasteiger partial charge in [0.25, 0.3) is 0 Å². The summed E-state index contributed by atoms with van der Waals surface area (Å²) < 4.78 is 0. The molecule has 0 aromatic heterocycles. The first-order valence-corrected chi connectivity index (χ1v) is 7.79. The molecule has 0 spiro atoms. The Morgan fingerprint density at radius 3 is 2.61 bits per heavy atom. The van der Waals surface area contributed by atoms with Crippen molar-refractivity contribution in [3.05, 3.63) is 109 Å². The van der Waals surface area contributed by atoms with Crippen molar-refractivity contribution in [2.24, 2.45) is 4.99 Å². The third-order valence-corrected chi connectivity index (χ3v) is 3.87. The van der Waals surface area contributed by atoms with Crippen molar-refractivity contribution in [3.8, 4) is 0 Å². The second-order valence-electron chi connectivity index (χ2n) is 5.48. The monoisotopic (exact) mass is 301 g/mol. The van der Waals surface area contributed by atoms with Crippen LogP contribution in [-0.4, -0.2) is 5.71 Å². The van der Waals surface area contributed by atoms with Crippen LogP contribution in [0.4, 0.5) is 0 Å². The van der Waals surface area contributed by atoms with Gasteiger partial charge >= 0.3 is 0 Å². The Bertz CT molecular complexity index is 712. The largest absolute Gasteiger partial charge is 0.253 e. The average molecular weight is 301 g/mol. The number of hydrogen-bond donors (Lipinski definition) is 0. The van der Waals surface area contributed by atoms with Crippen LogP contribution >= 0.6 is 0 Å². The molecule has 1 aliphatic rings. The smallest absolute Gasteiger partial charge is 0.0633 e. The number of rotatable bonds is 6. The third-order valence-electron chi connectivity index (χ3n) is 3.87. The zero-order valence-corrected chi connectivity index (χ0v) is 13.7. The molecule has 0 saturated carbocycles. The van der Waals surface area contributed by atoms with Crippen LogP contribution in [-0.2, 0) is 0 Å². The molecule has 0 heterocycles. The molecule has 0 amide bonds. The van der Waals surface area contributed by atoms with Crippen molar-refractivity contribution in [2.75, 3.05) is 0 Å². The fourth-order valence-electron chi connectivity index (χ4n) is 2.60. The molecule has 23 heavy (non-hydrogen) atoms. The van der Waals surface area contributed by atoms with Crippen LogP contribution < -0.4 is 0 Å². The Kier molecular flexibility index (Phi) is 5.87. The highest BCUT2D eigenvalue weighted by Crippen LogP contribution is 2.28. The molecule has 1 unspecified atom stereocenters. The second kappa shape index (κ2) is 8.09. The maximum atomic E-state index is 4.63. The molecule has 1 aromatic carbocycles. The molecule has 0 fully saturated rings. The summed E-state index contributed by atoms with van der Waals surface area (Å²) in [5.41, 5.74) is 5.03. The van der Waals surface area contributed by atoms with Gasteiger partial charge in [-0.3, -0.25) is 4.99 Å². The average Bonchev–Trinajstić information content (AvgIpc) is 2.60. The SMILES string of the molecule is C=C/C=C(\C=C)C(=C)/N=C(\C)C1=CC(c2ccccc2)CC=C1. The van der Waals surface area contributed by atoms with Gasteiger partial charge in [-0.15, -0.1) is 0 Å². The normalized spacial score (nSPS) is 18.3. The first-order chi connectivity index (χ1) is 11.2. The summed E-state index contributed by atoms with van der Waals surface area (Å²) in [7, 11) is 0. The van der Waals surface area contributed by atoms with Gasteiger partial charge in [0.1, 0.15) is 0 Å². The number of aliphatic imine (C=N–C) groups is 1. The standard InChI is InChI=1S/C22H23N/c1-5-11-19(6-2)17(3)23-18(4)21-14-10-15-22(16-21)20-12-8-7-9-13-20/h5-14,16,22H,1-3,15H2,4H3/b19-11+,23-18+. The van der Waals surface area contributed by atoms with Gasteiger partial charge in [-0.1, -0.05) is 86.5 Å². The van der Waals surface area contributed by atoms with E-state index in [-0.39, 0.29) is 0 Å². The molecule has 0 aliphatic heterocycles. The lowest BCUT2D eigenvalue weighted by Gasteiger charge is -2.17. The molecule has 0 radical (unpaired) electrons. The van der Waals surface area contributed by atoms with Gasteiger partial charge in [0.15, 0.2) is 0 Å². The molecular formula is C22H23N. The van der Waals surface area contributed by atoms with E-state index in [9.17, 15) is 0 Å². The minimum atomic E-state index is 0.400. The number of nitrogens with zero attached hydrogens (tertiary/aromatic N) is 1. The summed E-state index contributed by atoms with van der Waals surface area (Å²) in [6.07, 6.45) is 13.0. The Morgan fingerprint density at radius 1 is 1.22 bits per heavy atom. The lowest BCUT2D eigenvalue weighted by Crippen LogP contribution is -2.05. The maximum absolute atomic E-state index is 4.63. The third kappa shape index (κ3) is 4.40. The van der Waals surface area contributed by atoms with Crippen LogP contribution in [0.1, 0.15) is 24.8 Å². The lowest BCUT2D eigenvalue weighted by molar-refractivity contribution is 0.849. The number of allylic oxidation sites excluding steroid dienone is 7. The Morgan fingerprint density at radius 2 is 1.96 bits per heavy atom. The predicted octanol–water partition coefficient (Wildman–Crippen LogP) is 5.93. The Hall–Kier alpha value is -2.67. The van der Waals surface area contributed by atoms with Gasteiger partial charge in [0.05, 0.1) is 5.70 Å².